The first kappa shape index (κ1) is 27.3. The highest BCUT2D eigenvalue weighted by atomic mass is 17.1. The molecule has 166 valence electrons. The van der Waals surface area contributed by atoms with E-state index in [-0.39, 0.29) is 25.7 Å². The van der Waals surface area contributed by atoms with Crippen molar-refractivity contribution in [3.05, 3.63) is 48.6 Å². The molecule has 0 bridgehead atoms. The van der Waals surface area contributed by atoms with E-state index in [0.717, 1.165) is 19.3 Å². The summed E-state index contributed by atoms with van der Waals surface area (Å²) in [5.41, 5.74) is 0. The zero-order valence-corrected chi connectivity index (χ0v) is 17.6. The summed E-state index contributed by atoms with van der Waals surface area (Å²) in [5, 5.41) is 26.6. The van der Waals surface area contributed by atoms with Crippen LogP contribution in [0.4, 0.5) is 0 Å². The zero-order chi connectivity index (χ0) is 21.6. The first-order valence-electron chi connectivity index (χ1n) is 10.5. The van der Waals surface area contributed by atoms with Crippen LogP contribution in [0.25, 0.3) is 0 Å². The van der Waals surface area contributed by atoms with Crippen molar-refractivity contribution in [2.75, 3.05) is 13.2 Å². The molecule has 3 N–H and O–H groups in total. The topological polar surface area (TPSA) is 96.2 Å². The SMILES string of the molecule is CCCCC/C=C\CC(/C=C/C=C\C/C=C\CCCC(=O)OC(CO)CO)OO. The maximum atomic E-state index is 11.5. The number of rotatable bonds is 18. The third kappa shape index (κ3) is 18.1. The zero-order valence-electron chi connectivity index (χ0n) is 17.6. The number of aliphatic hydroxyl groups excluding tert-OH is 2. The van der Waals surface area contributed by atoms with E-state index in [1.165, 1.54) is 19.3 Å². The minimum Gasteiger partial charge on any atom is -0.457 e. The lowest BCUT2D eigenvalue weighted by Gasteiger charge is -2.11. The summed E-state index contributed by atoms with van der Waals surface area (Å²) in [6.07, 6.45) is 22.4. The van der Waals surface area contributed by atoms with Crippen molar-refractivity contribution in [2.45, 2.75) is 76.9 Å². The number of hydrogen-bond donors (Lipinski definition) is 3. The van der Waals surface area contributed by atoms with Crippen molar-refractivity contribution in [3.63, 3.8) is 0 Å². The number of allylic oxidation sites excluding steroid dienone is 6. The smallest absolute Gasteiger partial charge is 0.306 e. The Kier molecular flexibility index (Phi) is 19.7. The molecule has 0 rings (SSSR count). The van der Waals surface area contributed by atoms with Crippen LogP contribution in [0.15, 0.2) is 48.6 Å². The van der Waals surface area contributed by atoms with Crippen molar-refractivity contribution < 1.29 is 29.9 Å². The lowest BCUT2D eigenvalue weighted by molar-refractivity contribution is -0.264. The standard InChI is InChI=1S/C23H38O6/c1-2-3-4-5-10-13-16-21(29-27)17-14-11-8-6-7-9-12-15-18-23(26)28-22(19-24)20-25/h7-11,13-14,17,21-22,24-25,27H,2-6,12,15-16,18-20H2,1H3/b9-7-,11-8-,13-10-,17-14+. The van der Waals surface area contributed by atoms with Crippen molar-refractivity contribution in [3.8, 4) is 0 Å². The Balaban J connectivity index is 3.84. The highest BCUT2D eigenvalue weighted by molar-refractivity contribution is 5.69. The Hall–Kier alpha value is -1.73. The van der Waals surface area contributed by atoms with Gasteiger partial charge in [-0.1, -0.05) is 68.4 Å². The number of esters is 1. The summed E-state index contributed by atoms with van der Waals surface area (Å²) in [6.45, 7) is 1.44. The van der Waals surface area contributed by atoms with Crippen molar-refractivity contribution in [1.82, 2.24) is 0 Å². The van der Waals surface area contributed by atoms with Crippen LogP contribution < -0.4 is 0 Å². The molecule has 29 heavy (non-hydrogen) atoms. The molecule has 0 aromatic heterocycles. The first-order chi connectivity index (χ1) is 14.2. The second-order valence-electron chi connectivity index (χ2n) is 6.74. The Morgan fingerprint density at radius 3 is 2.34 bits per heavy atom. The Morgan fingerprint density at radius 1 is 0.931 bits per heavy atom. The van der Waals surface area contributed by atoms with E-state index in [1.54, 1.807) is 0 Å². The predicted molar refractivity (Wildman–Crippen MR) is 115 cm³/mol. The molecule has 6 nitrogen and oxygen atoms in total. The molecule has 0 aromatic carbocycles. The predicted octanol–water partition coefficient (Wildman–Crippen LogP) is 4.50. The van der Waals surface area contributed by atoms with Gasteiger partial charge in [0.25, 0.3) is 0 Å². The average Bonchev–Trinajstić information content (AvgIpc) is 2.74. The fraction of sp³-hybridized carbons (Fsp3) is 0.609. The molecular weight excluding hydrogens is 372 g/mol. The van der Waals surface area contributed by atoms with Gasteiger partial charge in [0.2, 0.25) is 0 Å². The Morgan fingerprint density at radius 2 is 1.66 bits per heavy atom. The number of carbonyl (C=O) groups excluding carboxylic acids is 1. The summed E-state index contributed by atoms with van der Waals surface area (Å²) < 4.78 is 4.88. The van der Waals surface area contributed by atoms with E-state index >= 15 is 0 Å². The summed E-state index contributed by atoms with van der Waals surface area (Å²) in [5.74, 6) is -0.409. The van der Waals surface area contributed by atoms with Gasteiger partial charge in [0, 0.05) is 6.42 Å². The highest BCUT2D eigenvalue weighted by Gasteiger charge is 2.11. The Bertz CT molecular complexity index is 492. The van der Waals surface area contributed by atoms with Crippen LogP contribution in [0.3, 0.4) is 0 Å². The van der Waals surface area contributed by atoms with E-state index < -0.39 is 12.1 Å². The van der Waals surface area contributed by atoms with E-state index in [9.17, 15) is 4.79 Å². The normalized spacial score (nSPS) is 13.6. The molecule has 0 fully saturated rings. The molecule has 0 heterocycles. The molecule has 0 spiro atoms. The number of unbranched alkanes of at least 4 members (excludes halogenated alkanes) is 4. The van der Waals surface area contributed by atoms with E-state index in [4.69, 9.17) is 20.2 Å². The first-order valence-corrected chi connectivity index (χ1v) is 10.5. The molecule has 1 atom stereocenters. The van der Waals surface area contributed by atoms with Crippen molar-refractivity contribution >= 4 is 5.97 Å². The third-order valence-corrected chi connectivity index (χ3v) is 4.11. The lowest BCUT2D eigenvalue weighted by Crippen LogP contribution is -2.25. The van der Waals surface area contributed by atoms with Gasteiger partial charge in [-0.3, -0.25) is 10.1 Å². The monoisotopic (exact) mass is 410 g/mol. The maximum Gasteiger partial charge on any atom is 0.306 e. The molecule has 0 radical (unpaired) electrons. The molecular formula is C23H38O6. The molecule has 0 amide bonds. The maximum absolute atomic E-state index is 11.5. The van der Waals surface area contributed by atoms with E-state index in [1.807, 2.05) is 42.5 Å². The third-order valence-electron chi connectivity index (χ3n) is 4.11. The fourth-order valence-corrected chi connectivity index (χ4v) is 2.40. The van der Waals surface area contributed by atoms with Crippen LogP contribution >= 0.6 is 0 Å². The van der Waals surface area contributed by atoms with Crippen molar-refractivity contribution in [1.29, 1.82) is 0 Å². The molecule has 6 heteroatoms. The fourth-order valence-electron chi connectivity index (χ4n) is 2.40. The van der Waals surface area contributed by atoms with Gasteiger partial charge in [-0.15, -0.1) is 0 Å². The largest absolute Gasteiger partial charge is 0.457 e. The molecule has 0 aliphatic rings. The average molecular weight is 411 g/mol. The number of hydrogen-bond acceptors (Lipinski definition) is 6. The van der Waals surface area contributed by atoms with Crippen LogP contribution in [-0.4, -0.2) is 46.9 Å². The van der Waals surface area contributed by atoms with Crippen LogP contribution in [0.2, 0.25) is 0 Å². The van der Waals surface area contributed by atoms with Gasteiger partial charge in [-0.25, -0.2) is 4.89 Å². The van der Waals surface area contributed by atoms with Crippen LogP contribution in [0.5, 0.6) is 0 Å². The number of ether oxygens (including phenoxy) is 1. The molecule has 0 aliphatic heterocycles. The van der Waals surface area contributed by atoms with E-state index in [2.05, 4.69) is 17.9 Å². The van der Waals surface area contributed by atoms with Gasteiger partial charge in [0.05, 0.1) is 13.2 Å². The highest BCUT2D eigenvalue weighted by Crippen LogP contribution is 2.05. The van der Waals surface area contributed by atoms with Gasteiger partial charge in [0.1, 0.15) is 12.2 Å². The van der Waals surface area contributed by atoms with Crippen LogP contribution in [-0.2, 0) is 14.4 Å². The molecule has 0 saturated carbocycles. The second kappa shape index (κ2) is 21.0. The van der Waals surface area contributed by atoms with Gasteiger partial charge < -0.3 is 14.9 Å². The summed E-state index contributed by atoms with van der Waals surface area (Å²) in [6, 6.07) is 0. The minimum absolute atomic E-state index is 0.259. The summed E-state index contributed by atoms with van der Waals surface area (Å²) >= 11 is 0. The van der Waals surface area contributed by atoms with Gasteiger partial charge in [-0.2, -0.15) is 0 Å². The minimum atomic E-state index is -0.825. The van der Waals surface area contributed by atoms with Gasteiger partial charge in [0.15, 0.2) is 0 Å². The quantitative estimate of drug-likeness (QED) is 0.0769. The summed E-state index contributed by atoms with van der Waals surface area (Å²) in [7, 11) is 0. The number of aliphatic hydroxyl groups is 2. The molecule has 1 unspecified atom stereocenters. The van der Waals surface area contributed by atoms with Gasteiger partial charge >= 0.3 is 5.97 Å². The van der Waals surface area contributed by atoms with Crippen LogP contribution in [0, 0.1) is 0 Å². The molecule has 0 saturated heterocycles. The summed E-state index contributed by atoms with van der Waals surface area (Å²) in [4.78, 5) is 15.9. The number of carbonyl (C=O) groups is 1. The Labute approximate surface area is 175 Å². The second-order valence-corrected chi connectivity index (χ2v) is 6.74. The van der Waals surface area contributed by atoms with E-state index in [0.29, 0.717) is 12.8 Å². The molecule has 0 aromatic rings. The van der Waals surface area contributed by atoms with Gasteiger partial charge in [-0.05, 0) is 38.5 Å². The lowest BCUT2D eigenvalue weighted by atomic mass is 10.1. The van der Waals surface area contributed by atoms with Crippen LogP contribution in [0.1, 0.15) is 64.7 Å². The van der Waals surface area contributed by atoms with Crippen molar-refractivity contribution in [2.24, 2.45) is 0 Å². The molecule has 0 aliphatic carbocycles.